The van der Waals surface area contributed by atoms with Crippen molar-refractivity contribution in [3.05, 3.63) is 54.7 Å². The third kappa shape index (κ3) is 1.26. The van der Waals surface area contributed by atoms with Crippen LogP contribution in [0.1, 0.15) is 0 Å². The van der Waals surface area contributed by atoms with E-state index in [0.29, 0.717) is 0 Å². The minimum atomic E-state index is 1.07. The number of hydrogen-bond acceptors (Lipinski definition) is 1. The molecular formula is C18H13N3. The van der Waals surface area contributed by atoms with Gasteiger partial charge in [-0.05, 0) is 12.1 Å². The van der Waals surface area contributed by atoms with E-state index in [1.54, 1.807) is 0 Å². The van der Waals surface area contributed by atoms with Crippen molar-refractivity contribution in [2.45, 2.75) is 0 Å². The van der Waals surface area contributed by atoms with E-state index in [1.165, 1.54) is 27.2 Å². The van der Waals surface area contributed by atoms with Crippen LogP contribution in [0.15, 0.2) is 54.7 Å². The van der Waals surface area contributed by atoms with Crippen molar-refractivity contribution >= 4 is 43.7 Å². The van der Waals surface area contributed by atoms with Gasteiger partial charge in [-0.1, -0.05) is 36.4 Å². The number of pyridine rings is 1. The molecule has 5 aromatic rings. The van der Waals surface area contributed by atoms with Gasteiger partial charge in [-0.25, -0.2) is 0 Å². The molecule has 0 bridgehead atoms. The van der Waals surface area contributed by atoms with E-state index in [9.17, 15) is 0 Å². The van der Waals surface area contributed by atoms with Gasteiger partial charge < -0.3 is 9.55 Å². The van der Waals surface area contributed by atoms with Crippen molar-refractivity contribution in [3.8, 4) is 0 Å². The van der Waals surface area contributed by atoms with E-state index in [0.717, 1.165) is 16.6 Å². The number of hydrogen-bond donors (Lipinski definition) is 1. The molecular weight excluding hydrogens is 258 g/mol. The number of nitrogens with one attached hydrogen (secondary N) is 1. The largest absolute Gasteiger partial charge is 0.353 e. The smallest absolute Gasteiger partial charge is 0.0967 e. The summed E-state index contributed by atoms with van der Waals surface area (Å²) in [6.07, 6.45) is 1.95. The molecule has 3 nitrogen and oxygen atoms in total. The Morgan fingerprint density at radius 1 is 0.905 bits per heavy atom. The molecule has 0 unspecified atom stereocenters. The van der Waals surface area contributed by atoms with Crippen molar-refractivity contribution in [1.82, 2.24) is 14.5 Å². The predicted octanol–water partition coefficient (Wildman–Crippen LogP) is 4.36. The normalized spacial score (nSPS) is 12.0. The fourth-order valence-electron chi connectivity index (χ4n) is 3.43. The summed E-state index contributed by atoms with van der Waals surface area (Å²) >= 11 is 0. The van der Waals surface area contributed by atoms with Crippen LogP contribution in [0.3, 0.4) is 0 Å². The highest BCUT2D eigenvalue weighted by Gasteiger charge is 2.15. The molecule has 0 saturated carbocycles. The zero-order valence-electron chi connectivity index (χ0n) is 11.6. The first kappa shape index (κ1) is 10.9. The van der Waals surface area contributed by atoms with Crippen LogP contribution in [-0.2, 0) is 7.05 Å². The van der Waals surface area contributed by atoms with Crippen LogP contribution in [-0.4, -0.2) is 14.5 Å². The second kappa shape index (κ2) is 3.64. The SMILES string of the molecule is Cn1c2ccccc2c2ncc3[nH]c4ccccc4c3c21. The molecule has 3 aromatic heterocycles. The maximum absolute atomic E-state index is 4.70. The van der Waals surface area contributed by atoms with Gasteiger partial charge in [0.2, 0.25) is 0 Å². The van der Waals surface area contributed by atoms with Gasteiger partial charge in [0.15, 0.2) is 0 Å². The Morgan fingerprint density at radius 3 is 2.57 bits per heavy atom. The number of rotatable bonds is 0. The highest BCUT2D eigenvalue weighted by Crippen LogP contribution is 2.35. The topological polar surface area (TPSA) is 33.6 Å². The molecule has 0 aliphatic heterocycles. The van der Waals surface area contributed by atoms with Crippen LogP contribution >= 0.6 is 0 Å². The molecule has 0 aliphatic rings. The maximum atomic E-state index is 4.70. The molecule has 0 saturated heterocycles. The number of nitrogens with zero attached hydrogens (tertiary/aromatic N) is 2. The molecule has 0 amide bonds. The van der Waals surface area contributed by atoms with Gasteiger partial charge in [-0.15, -0.1) is 0 Å². The molecule has 3 heteroatoms. The molecule has 0 aliphatic carbocycles. The molecule has 100 valence electrons. The number of H-pyrrole nitrogens is 1. The zero-order chi connectivity index (χ0) is 14.0. The van der Waals surface area contributed by atoms with Crippen LogP contribution in [0.2, 0.25) is 0 Å². The quantitative estimate of drug-likeness (QED) is 0.446. The molecule has 0 atom stereocenters. The summed E-state index contributed by atoms with van der Waals surface area (Å²) in [7, 11) is 2.12. The van der Waals surface area contributed by atoms with Crippen molar-refractivity contribution < 1.29 is 0 Å². The number of aryl methyl sites for hydroxylation is 1. The van der Waals surface area contributed by atoms with E-state index < -0.39 is 0 Å². The molecule has 0 fully saturated rings. The summed E-state index contributed by atoms with van der Waals surface area (Å²) in [4.78, 5) is 8.17. The van der Waals surface area contributed by atoms with E-state index in [4.69, 9.17) is 4.98 Å². The minimum absolute atomic E-state index is 1.07. The van der Waals surface area contributed by atoms with Gasteiger partial charge in [-0.3, -0.25) is 4.98 Å². The number of aromatic nitrogens is 3. The van der Waals surface area contributed by atoms with Crippen LogP contribution < -0.4 is 0 Å². The Kier molecular flexibility index (Phi) is 1.89. The van der Waals surface area contributed by atoms with Gasteiger partial charge in [0.05, 0.1) is 28.3 Å². The highest BCUT2D eigenvalue weighted by atomic mass is 15.0. The molecule has 0 radical (unpaired) electrons. The standard InChI is InChI=1S/C18H13N3/c1-21-15-9-5-3-7-12(15)17-18(21)16-11-6-2-4-8-13(11)20-14(16)10-19-17/h2-10,20H,1H3. The second-order valence-electron chi connectivity index (χ2n) is 5.49. The van der Waals surface area contributed by atoms with Gasteiger partial charge in [0, 0.05) is 28.7 Å². The van der Waals surface area contributed by atoms with E-state index >= 15 is 0 Å². The lowest BCUT2D eigenvalue weighted by Crippen LogP contribution is -1.87. The maximum Gasteiger partial charge on any atom is 0.0967 e. The molecule has 1 N–H and O–H groups in total. The third-order valence-electron chi connectivity index (χ3n) is 4.37. The summed E-state index contributed by atoms with van der Waals surface area (Å²) in [6.45, 7) is 0. The van der Waals surface area contributed by atoms with Crippen LogP contribution in [0.5, 0.6) is 0 Å². The van der Waals surface area contributed by atoms with E-state index in [1.807, 2.05) is 6.20 Å². The molecule has 3 heterocycles. The van der Waals surface area contributed by atoms with Crippen molar-refractivity contribution in [1.29, 1.82) is 0 Å². The van der Waals surface area contributed by atoms with Crippen molar-refractivity contribution in [2.75, 3.05) is 0 Å². The van der Waals surface area contributed by atoms with Crippen LogP contribution in [0.25, 0.3) is 43.7 Å². The summed E-state index contributed by atoms with van der Waals surface area (Å²) in [5, 5.41) is 3.72. The molecule has 5 rings (SSSR count). The number of para-hydroxylation sites is 2. The third-order valence-corrected chi connectivity index (χ3v) is 4.37. The Hall–Kier alpha value is -2.81. The summed E-state index contributed by atoms with van der Waals surface area (Å²) in [5.41, 5.74) is 5.75. The molecule has 2 aromatic carbocycles. The Morgan fingerprint density at radius 2 is 1.67 bits per heavy atom. The Labute approximate surface area is 120 Å². The van der Waals surface area contributed by atoms with Crippen LogP contribution in [0, 0.1) is 0 Å². The van der Waals surface area contributed by atoms with Crippen molar-refractivity contribution in [2.24, 2.45) is 7.05 Å². The number of benzene rings is 2. The lowest BCUT2D eigenvalue weighted by atomic mass is 10.1. The first-order valence-corrected chi connectivity index (χ1v) is 7.07. The fourth-order valence-corrected chi connectivity index (χ4v) is 3.43. The monoisotopic (exact) mass is 271 g/mol. The average molecular weight is 271 g/mol. The Balaban J connectivity index is 2.18. The van der Waals surface area contributed by atoms with Gasteiger partial charge >= 0.3 is 0 Å². The lowest BCUT2D eigenvalue weighted by Gasteiger charge is -1.99. The first-order valence-electron chi connectivity index (χ1n) is 7.07. The summed E-state index contributed by atoms with van der Waals surface area (Å²) in [5.74, 6) is 0. The van der Waals surface area contributed by atoms with Gasteiger partial charge in [-0.2, -0.15) is 0 Å². The van der Waals surface area contributed by atoms with Gasteiger partial charge in [0.1, 0.15) is 0 Å². The highest BCUT2D eigenvalue weighted by molar-refractivity contribution is 6.23. The fraction of sp³-hybridized carbons (Fsp3) is 0.0556. The Bertz CT molecular complexity index is 1140. The summed E-state index contributed by atoms with van der Waals surface area (Å²) in [6, 6.07) is 16.9. The molecule has 0 spiro atoms. The van der Waals surface area contributed by atoms with Crippen LogP contribution in [0.4, 0.5) is 0 Å². The van der Waals surface area contributed by atoms with Gasteiger partial charge in [0.25, 0.3) is 0 Å². The van der Waals surface area contributed by atoms with Crippen molar-refractivity contribution in [3.63, 3.8) is 0 Å². The number of aromatic amines is 1. The lowest BCUT2D eigenvalue weighted by molar-refractivity contribution is 1.02. The zero-order valence-corrected chi connectivity index (χ0v) is 11.6. The predicted molar refractivity (Wildman–Crippen MR) is 87.6 cm³/mol. The average Bonchev–Trinajstić information content (AvgIpc) is 3.04. The first-order chi connectivity index (χ1) is 10.3. The summed E-state index contributed by atoms with van der Waals surface area (Å²) < 4.78 is 2.25. The molecule has 21 heavy (non-hydrogen) atoms. The van der Waals surface area contributed by atoms with E-state index in [-0.39, 0.29) is 0 Å². The minimum Gasteiger partial charge on any atom is -0.353 e. The number of fused-ring (bicyclic) bond motifs is 7. The van der Waals surface area contributed by atoms with E-state index in [2.05, 4.69) is 65.1 Å². The second-order valence-corrected chi connectivity index (χ2v) is 5.49.